The van der Waals surface area contributed by atoms with Gasteiger partial charge in [0.2, 0.25) is 0 Å². The maximum Gasteiger partial charge on any atom is 0.150 e. The van der Waals surface area contributed by atoms with Crippen LogP contribution in [0.5, 0.6) is 0 Å². The fourth-order valence-corrected chi connectivity index (χ4v) is 0.956. The molecule has 0 N–H and O–H groups in total. The Morgan fingerprint density at radius 1 is 1.25 bits per heavy atom. The van der Waals surface area contributed by atoms with Gasteiger partial charge in [-0.1, -0.05) is 30.8 Å². The van der Waals surface area contributed by atoms with Gasteiger partial charge in [0, 0.05) is 11.1 Å². The van der Waals surface area contributed by atoms with E-state index >= 15 is 0 Å². The van der Waals surface area contributed by atoms with Gasteiger partial charge in [0.1, 0.15) is 6.29 Å². The Morgan fingerprint density at radius 2 is 1.92 bits per heavy atom. The Hall–Kier alpha value is -1.70. The molecule has 60 valence electrons. The summed E-state index contributed by atoms with van der Waals surface area (Å²) >= 11 is 0. The molecular formula is C10H8O2. The normalized spacial score (nSPS) is 9.00. The average Bonchev–Trinajstić information content (AvgIpc) is 2.16. The van der Waals surface area contributed by atoms with Gasteiger partial charge < -0.3 is 0 Å². The lowest BCUT2D eigenvalue weighted by Crippen LogP contribution is -1.90. The molecule has 0 radical (unpaired) electrons. The first kappa shape index (κ1) is 8.40. The van der Waals surface area contributed by atoms with Crippen molar-refractivity contribution in [3.05, 3.63) is 42.0 Å². The van der Waals surface area contributed by atoms with Crippen molar-refractivity contribution in [2.24, 2.45) is 0 Å². The van der Waals surface area contributed by atoms with Crippen LogP contribution in [-0.2, 0) is 4.79 Å². The third-order valence-electron chi connectivity index (χ3n) is 1.58. The quantitative estimate of drug-likeness (QED) is 0.498. The summed E-state index contributed by atoms with van der Waals surface area (Å²) < 4.78 is 0. The fourth-order valence-electron chi connectivity index (χ4n) is 0.956. The van der Waals surface area contributed by atoms with E-state index in [-0.39, 0.29) is 0 Å². The van der Waals surface area contributed by atoms with E-state index in [9.17, 15) is 9.59 Å². The van der Waals surface area contributed by atoms with Crippen LogP contribution < -0.4 is 0 Å². The maximum atomic E-state index is 10.5. The number of carbonyl (C=O) groups is 2. The fraction of sp³-hybridized carbons (Fsp3) is 0. The molecule has 0 saturated heterocycles. The highest BCUT2D eigenvalue weighted by Crippen LogP contribution is 2.13. The highest BCUT2D eigenvalue weighted by Gasteiger charge is 2.02. The Labute approximate surface area is 70.5 Å². The van der Waals surface area contributed by atoms with Crippen LogP contribution in [0.2, 0.25) is 0 Å². The first-order chi connectivity index (χ1) is 5.79. The van der Waals surface area contributed by atoms with Crippen molar-refractivity contribution < 1.29 is 9.59 Å². The van der Waals surface area contributed by atoms with E-state index in [1.165, 1.54) is 0 Å². The molecule has 0 atom stereocenters. The van der Waals surface area contributed by atoms with Crippen LogP contribution in [0.3, 0.4) is 0 Å². The standard InChI is InChI=1S/C10H8O2/c1-8(6-11)10-5-3-2-4-9(10)7-12/h2-7H,1H2. The number of allylic oxidation sites excluding steroid dienone is 1. The van der Waals surface area contributed by atoms with Crippen LogP contribution in [0.25, 0.3) is 5.57 Å². The van der Waals surface area contributed by atoms with Crippen molar-refractivity contribution in [2.45, 2.75) is 0 Å². The lowest BCUT2D eigenvalue weighted by atomic mass is 10.0. The zero-order valence-electron chi connectivity index (χ0n) is 6.49. The number of carbonyl (C=O) groups excluding carboxylic acids is 2. The molecule has 0 spiro atoms. The summed E-state index contributed by atoms with van der Waals surface area (Å²) in [6.45, 7) is 3.53. The first-order valence-electron chi connectivity index (χ1n) is 3.48. The molecule has 0 aliphatic carbocycles. The molecular weight excluding hydrogens is 152 g/mol. The summed E-state index contributed by atoms with van der Waals surface area (Å²) in [6.07, 6.45) is 1.35. The number of benzene rings is 1. The summed E-state index contributed by atoms with van der Waals surface area (Å²) in [5.74, 6) is 0. The molecule has 2 heteroatoms. The van der Waals surface area contributed by atoms with Gasteiger partial charge in [0.25, 0.3) is 0 Å². The minimum absolute atomic E-state index is 0.331. The summed E-state index contributed by atoms with van der Waals surface area (Å²) in [6, 6.07) is 6.85. The van der Waals surface area contributed by atoms with E-state index < -0.39 is 0 Å². The SMILES string of the molecule is C=C(C=O)c1ccccc1C=O. The molecule has 0 unspecified atom stereocenters. The van der Waals surface area contributed by atoms with E-state index in [0.717, 1.165) is 0 Å². The highest BCUT2D eigenvalue weighted by molar-refractivity contribution is 6.08. The Bertz CT molecular complexity index is 326. The van der Waals surface area contributed by atoms with E-state index in [1.54, 1.807) is 24.3 Å². The van der Waals surface area contributed by atoms with Crippen LogP contribution in [0.1, 0.15) is 15.9 Å². The lowest BCUT2D eigenvalue weighted by molar-refractivity contribution is -0.103. The molecule has 12 heavy (non-hydrogen) atoms. The van der Waals surface area contributed by atoms with Gasteiger partial charge in [-0.2, -0.15) is 0 Å². The van der Waals surface area contributed by atoms with Crippen molar-refractivity contribution in [1.82, 2.24) is 0 Å². The molecule has 0 amide bonds. The summed E-state index contributed by atoms with van der Waals surface area (Å²) in [5, 5.41) is 0. The van der Waals surface area contributed by atoms with Gasteiger partial charge in [0.05, 0.1) is 0 Å². The molecule has 1 aromatic rings. The van der Waals surface area contributed by atoms with Gasteiger partial charge in [-0.25, -0.2) is 0 Å². The first-order valence-corrected chi connectivity index (χ1v) is 3.48. The Morgan fingerprint density at radius 3 is 2.50 bits per heavy atom. The number of rotatable bonds is 3. The van der Waals surface area contributed by atoms with E-state index in [4.69, 9.17) is 0 Å². The Balaban J connectivity index is 3.21. The summed E-state index contributed by atoms with van der Waals surface area (Å²) in [5.41, 5.74) is 1.43. The largest absolute Gasteiger partial charge is 0.298 e. The summed E-state index contributed by atoms with van der Waals surface area (Å²) in [7, 11) is 0. The molecule has 0 saturated carbocycles. The van der Waals surface area contributed by atoms with Crippen LogP contribution in [-0.4, -0.2) is 12.6 Å². The van der Waals surface area contributed by atoms with Crippen molar-refractivity contribution >= 4 is 18.1 Å². The van der Waals surface area contributed by atoms with Gasteiger partial charge in [-0.15, -0.1) is 0 Å². The molecule has 0 bridgehead atoms. The molecule has 0 aliphatic rings. The third kappa shape index (κ3) is 1.48. The van der Waals surface area contributed by atoms with Crippen LogP contribution >= 0.6 is 0 Å². The molecule has 1 rings (SSSR count). The minimum atomic E-state index is 0.331. The highest BCUT2D eigenvalue weighted by atomic mass is 16.1. The monoisotopic (exact) mass is 160 g/mol. The number of aldehydes is 2. The van der Waals surface area contributed by atoms with Gasteiger partial charge in [0.15, 0.2) is 6.29 Å². The molecule has 0 aromatic heterocycles. The second kappa shape index (κ2) is 3.62. The maximum absolute atomic E-state index is 10.5. The molecule has 0 fully saturated rings. The zero-order valence-corrected chi connectivity index (χ0v) is 6.49. The van der Waals surface area contributed by atoms with Crippen LogP contribution in [0, 0.1) is 0 Å². The molecule has 2 nitrogen and oxygen atoms in total. The van der Waals surface area contributed by atoms with Gasteiger partial charge in [-0.3, -0.25) is 9.59 Å². The van der Waals surface area contributed by atoms with E-state index in [0.29, 0.717) is 29.3 Å². The lowest BCUT2D eigenvalue weighted by Gasteiger charge is -2.00. The second-order valence-electron chi connectivity index (χ2n) is 2.35. The van der Waals surface area contributed by atoms with Crippen molar-refractivity contribution in [3.8, 4) is 0 Å². The van der Waals surface area contributed by atoms with Crippen molar-refractivity contribution in [1.29, 1.82) is 0 Å². The van der Waals surface area contributed by atoms with Gasteiger partial charge in [-0.05, 0) is 5.56 Å². The zero-order chi connectivity index (χ0) is 8.97. The van der Waals surface area contributed by atoms with Crippen LogP contribution in [0.15, 0.2) is 30.8 Å². The van der Waals surface area contributed by atoms with Gasteiger partial charge >= 0.3 is 0 Å². The molecule has 1 aromatic carbocycles. The number of hydrogen-bond acceptors (Lipinski definition) is 2. The van der Waals surface area contributed by atoms with E-state index in [1.807, 2.05) is 0 Å². The minimum Gasteiger partial charge on any atom is -0.298 e. The van der Waals surface area contributed by atoms with Crippen LogP contribution in [0.4, 0.5) is 0 Å². The second-order valence-corrected chi connectivity index (χ2v) is 2.35. The molecule has 0 aliphatic heterocycles. The number of hydrogen-bond donors (Lipinski definition) is 0. The third-order valence-corrected chi connectivity index (χ3v) is 1.58. The summed E-state index contributed by atoms with van der Waals surface area (Å²) in [4.78, 5) is 20.8. The Kier molecular flexibility index (Phi) is 2.53. The predicted molar refractivity (Wildman–Crippen MR) is 46.9 cm³/mol. The average molecular weight is 160 g/mol. The van der Waals surface area contributed by atoms with Crippen molar-refractivity contribution in [3.63, 3.8) is 0 Å². The predicted octanol–water partition coefficient (Wildman–Crippen LogP) is 1.71. The van der Waals surface area contributed by atoms with E-state index in [2.05, 4.69) is 6.58 Å². The smallest absolute Gasteiger partial charge is 0.150 e. The van der Waals surface area contributed by atoms with Crippen molar-refractivity contribution in [2.75, 3.05) is 0 Å². The molecule has 0 heterocycles. The topological polar surface area (TPSA) is 34.1 Å².